The number of aliphatic hydroxyl groups is 2. The lowest BCUT2D eigenvalue weighted by Crippen LogP contribution is -2.66. The Balaban J connectivity index is 2.22. The SMILES string of the molecule is C=CC/C=C\C[C@@H](O)[C@H](O)CCO[Si](c1ccccc1)(c1ccccc1)C(C)(C)C. The summed E-state index contributed by atoms with van der Waals surface area (Å²) < 4.78 is 6.77. The second-order valence-electron chi connectivity index (χ2n) is 8.67. The molecule has 0 aliphatic heterocycles. The minimum absolute atomic E-state index is 0.104. The maximum absolute atomic E-state index is 10.4. The zero-order chi connectivity index (χ0) is 22.0. The highest BCUT2D eigenvalue weighted by Crippen LogP contribution is 2.36. The van der Waals surface area contributed by atoms with Crippen LogP contribution in [0.5, 0.6) is 0 Å². The molecule has 2 atom stereocenters. The number of allylic oxidation sites excluding steroid dienone is 2. The summed E-state index contributed by atoms with van der Waals surface area (Å²) in [5, 5.41) is 23.0. The van der Waals surface area contributed by atoms with Crippen LogP contribution in [0, 0.1) is 0 Å². The Morgan fingerprint density at radius 1 is 0.900 bits per heavy atom. The van der Waals surface area contributed by atoms with Crippen molar-refractivity contribution in [2.75, 3.05) is 6.61 Å². The lowest BCUT2D eigenvalue weighted by Gasteiger charge is -2.43. The molecule has 162 valence electrons. The third kappa shape index (κ3) is 6.02. The monoisotopic (exact) mass is 424 g/mol. The van der Waals surface area contributed by atoms with E-state index in [0.29, 0.717) is 19.4 Å². The molecule has 0 fully saturated rings. The molecule has 3 nitrogen and oxygen atoms in total. The minimum atomic E-state index is -2.60. The predicted molar refractivity (Wildman–Crippen MR) is 129 cm³/mol. The fourth-order valence-electron chi connectivity index (χ4n) is 3.87. The van der Waals surface area contributed by atoms with Gasteiger partial charge in [0.05, 0.1) is 12.2 Å². The molecule has 0 unspecified atom stereocenters. The molecule has 0 radical (unpaired) electrons. The first-order chi connectivity index (χ1) is 14.3. The van der Waals surface area contributed by atoms with Gasteiger partial charge >= 0.3 is 0 Å². The molecule has 2 aromatic rings. The van der Waals surface area contributed by atoms with Gasteiger partial charge in [-0.15, -0.1) is 6.58 Å². The van der Waals surface area contributed by atoms with E-state index in [1.165, 1.54) is 10.4 Å². The maximum Gasteiger partial charge on any atom is 0.261 e. The van der Waals surface area contributed by atoms with Crippen LogP contribution in [0.25, 0.3) is 0 Å². The molecule has 4 heteroatoms. The van der Waals surface area contributed by atoms with Gasteiger partial charge in [0.1, 0.15) is 0 Å². The van der Waals surface area contributed by atoms with E-state index in [9.17, 15) is 10.2 Å². The predicted octanol–water partition coefficient (Wildman–Crippen LogP) is 4.20. The maximum atomic E-state index is 10.4. The summed E-state index contributed by atoms with van der Waals surface area (Å²) in [5.74, 6) is 0. The highest BCUT2D eigenvalue weighted by Gasteiger charge is 2.50. The van der Waals surface area contributed by atoms with Gasteiger partial charge < -0.3 is 14.6 Å². The second kappa shape index (κ2) is 11.4. The van der Waals surface area contributed by atoms with Crippen LogP contribution in [-0.4, -0.2) is 37.3 Å². The number of hydrogen-bond donors (Lipinski definition) is 2. The van der Waals surface area contributed by atoms with E-state index in [1.54, 1.807) is 6.08 Å². The van der Waals surface area contributed by atoms with Gasteiger partial charge in [-0.3, -0.25) is 0 Å². The van der Waals surface area contributed by atoms with Gasteiger partial charge in [-0.1, -0.05) is 99.7 Å². The standard InChI is InChI=1S/C26H36O3Si/c1-5-6-7-14-19-24(27)25(28)20-21-29-30(26(2,3)4,22-15-10-8-11-16-22)23-17-12-9-13-18-23/h5,7-18,24-25,27-28H,1,6,19-21H2,2-4H3/b14-7-/t24-,25-/m1/s1. The summed E-state index contributed by atoms with van der Waals surface area (Å²) in [7, 11) is -2.60. The van der Waals surface area contributed by atoms with Crippen LogP contribution in [0.1, 0.15) is 40.0 Å². The Morgan fingerprint density at radius 3 is 1.90 bits per heavy atom. The quantitative estimate of drug-likeness (QED) is 0.420. The Morgan fingerprint density at radius 2 is 1.43 bits per heavy atom. The highest BCUT2D eigenvalue weighted by atomic mass is 28.4. The third-order valence-corrected chi connectivity index (χ3v) is 10.5. The number of hydrogen-bond acceptors (Lipinski definition) is 3. The number of benzene rings is 2. The first kappa shape index (κ1) is 24.3. The largest absolute Gasteiger partial charge is 0.407 e. The van der Waals surface area contributed by atoms with Crippen molar-refractivity contribution in [3.05, 3.63) is 85.5 Å². The molecule has 30 heavy (non-hydrogen) atoms. The van der Waals surface area contributed by atoms with Crippen molar-refractivity contribution in [3.8, 4) is 0 Å². The molecule has 0 aliphatic rings. The van der Waals surface area contributed by atoms with Crippen LogP contribution in [0.4, 0.5) is 0 Å². The lowest BCUT2D eigenvalue weighted by molar-refractivity contribution is 0.00866. The van der Waals surface area contributed by atoms with E-state index < -0.39 is 20.5 Å². The smallest absolute Gasteiger partial charge is 0.261 e. The molecule has 0 bridgehead atoms. The van der Waals surface area contributed by atoms with Crippen molar-refractivity contribution < 1.29 is 14.6 Å². The Kier molecular flexibility index (Phi) is 9.25. The fourth-order valence-corrected chi connectivity index (χ4v) is 8.45. The fraction of sp³-hybridized carbons (Fsp3) is 0.385. The van der Waals surface area contributed by atoms with Crippen molar-refractivity contribution in [3.63, 3.8) is 0 Å². The van der Waals surface area contributed by atoms with Crippen molar-refractivity contribution in [2.24, 2.45) is 0 Å². The molecule has 2 N–H and O–H groups in total. The van der Waals surface area contributed by atoms with Gasteiger partial charge in [-0.25, -0.2) is 0 Å². The van der Waals surface area contributed by atoms with Crippen molar-refractivity contribution in [1.29, 1.82) is 0 Å². The summed E-state index contributed by atoms with van der Waals surface area (Å²) >= 11 is 0. The molecule has 0 saturated carbocycles. The topological polar surface area (TPSA) is 49.7 Å². The molecule has 0 heterocycles. The van der Waals surface area contributed by atoms with Gasteiger partial charge in [0.15, 0.2) is 0 Å². The van der Waals surface area contributed by atoms with Crippen LogP contribution in [-0.2, 0) is 4.43 Å². The van der Waals surface area contributed by atoms with Crippen LogP contribution in [0.15, 0.2) is 85.5 Å². The van der Waals surface area contributed by atoms with E-state index in [4.69, 9.17) is 4.43 Å². The van der Waals surface area contributed by atoms with Crippen LogP contribution < -0.4 is 10.4 Å². The van der Waals surface area contributed by atoms with Crippen molar-refractivity contribution in [2.45, 2.75) is 57.3 Å². The number of aliphatic hydroxyl groups excluding tert-OH is 2. The van der Waals surface area contributed by atoms with E-state index in [0.717, 1.165) is 6.42 Å². The van der Waals surface area contributed by atoms with Crippen LogP contribution in [0.3, 0.4) is 0 Å². The highest BCUT2D eigenvalue weighted by molar-refractivity contribution is 6.99. The Hall–Kier alpha value is -1.98. The van der Waals surface area contributed by atoms with Crippen LogP contribution >= 0.6 is 0 Å². The van der Waals surface area contributed by atoms with Gasteiger partial charge in [0.2, 0.25) is 0 Å². The molecular formula is C26H36O3Si. The van der Waals surface area contributed by atoms with E-state index >= 15 is 0 Å². The van der Waals surface area contributed by atoms with Crippen molar-refractivity contribution in [1.82, 2.24) is 0 Å². The zero-order valence-electron chi connectivity index (χ0n) is 18.5. The van der Waals surface area contributed by atoms with Crippen LogP contribution in [0.2, 0.25) is 5.04 Å². The van der Waals surface area contributed by atoms with E-state index in [-0.39, 0.29) is 5.04 Å². The Bertz CT molecular complexity index is 741. The summed E-state index contributed by atoms with van der Waals surface area (Å²) in [5.41, 5.74) is 0. The lowest BCUT2D eigenvalue weighted by atomic mass is 10.1. The van der Waals surface area contributed by atoms with Gasteiger partial charge in [-0.2, -0.15) is 0 Å². The minimum Gasteiger partial charge on any atom is -0.407 e. The zero-order valence-corrected chi connectivity index (χ0v) is 19.5. The summed E-state index contributed by atoms with van der Waals surface area (Å²) in [4.78, 5) is 0. The molecule has 2 aromatic carbocycles. The number of rotatable bonds is 11. The summed E-state index contributed by atoms with van der Waals surface area (Å²) in [6.07, 6.45) is 5.59. The molecule has 0 spiro atoms. The molecule has 2 rings (SSSR count). The average molecular weight is 425 g/mol. The van der Waals surface area contributed by atoms with E-state index in [1.807, 2.05) is 24.3 Å². The first-order valence-electron chi connectivity index (χ1n) is 10.7. The van der Waals surface area contributed by atoms with Gasteiger partial charge in [-0.05, 0) is 34.7 Å². The molecular weight excluding hydrogens is 388 g/mol. The first-order valence-corrected chi connectivity index (χ1v) is 12.6. The molecule has 0 saturated heterocycles. The third-order valence-electron chi connectivity index (χ3n) is 5.44. The van der Waals surface area contributed by atoms with E-state index in [2.05, 4.69) is 75.9 Å². The summed E-state index contributed by atoms with van der Waals surface area (Å²) in [6, 6.07) is 20.9. The second-order valence-corrected chi connectivity index (χ2v) is 13.0. The molecule has 0 amide bonds. The molecule has 0 aliphatic carbocycles. The summed E-state index contributed by atoms with van der Waals surface area (Å²) in [6.45, 7) is 10.8. The Labute approximate surface area is 182 Å². The van der Waals surface area contributed by atoms with Gasteiger partial charge in [0.25, 0.3) is 8.32 Å². The average Bonchev–Trinajstić information content (AvgIpc) is 2.74. The van der Waals surface area contributed by atoms with Crippen molar-refractivity contribution >= 4 is 18.7 Å². The normalized spacial score (nSPS) is 14.6. The molecule has 0 aromatic heterocycles. The van der Waals surface area contributed by atoms with Gasteiger partial charge in [0, 0.05) is 6.61 Å².